The topological polar surface area (TPSA) is 44.0 Å². The summed E-state index contributed by atoms with van der Waals surface area (Å²) in [5, 5.41) is 0.687. The maximum absolute atomic E-state index is 13.4. The largest absolute Gasteiger partial charge is 0.335 e. The summed E-state index contributed by atoms with van der Waals surface area (Å²) < 4.78 is 4.08. The van der Waals surface area contributed by atoms with Crippen molar-refractivity contribution >= 4 is 44.1 Å². The molecule has 0 atom stereocenters. The molecule has 0 bridgehead atoms. The third-order valence-electron chi connectivity index (χ3n) is 4.64. The van der Waals surface area contributed by atoms with Gasteiger partial charge in [-0.1, -0.05) is 43.6 Å². The van der Waals surface area contributed by atoms with E-state index >= 15 is 0 Å². The minimum atomic E-state index is -0.290. The van der Waals surface area contributed by atoms with Gasteiger partial charge in [0.1, 0.15) is 10.2 Å². The lowest BCUT2D eigenvalue weighted by Crippen LogP contribution is -2.28. The van der Waals surface area contributed by atoms with Crippen LogP contribution in [0.1, 0.15) is 25.5 Å². The lowest BCUT2D eigenvalue weighted by molar-refractivity contribution is 0.762. The average Bonchev–Trinajstić information content (AvgIpc) is 3.02. The second-order valence-corrected chi connectivity index (χ2v) is 8.28. The van der Waals surface area contributed by atoms with Gasteiger partial charge in [-0.25, -0.2) is 0 Å². The van der Waals surface area contributed by atoms with E-state index in [-0.39, 0.29) is 22.3 Å². The predicted molar refractivity (Wildman–Crippen MR) is 109 cm³/mol. The number of thiophene rings is 1. The smallest absolute Gasteiger partial charge is 0.268 e. The molecule has 0 aliphatic rings. The summed E-state index contributed by atoms with van der Waals surface area (Å²) in [4.78, 5) is 27.2. The molecule has 0 saturated heterocycles. The predicted octanol–water partition coefficient (Wildman–Crippen LogP) is 4.68. The zero-order valence-electron chi connectivity index (χ0n) is 14.6. The van der Waals surface area contributed by atoms with Gasteiger partial charge in [-0.2, -0.15) is 0 Å². The summed E-state index contributed by atoms with van der Waals surface area (Å²) in [6, 6.07) is 13.0. The molecule has 132 valence electrons. The van der Waals surface area contributed by atoms with Crippen molar-refractivity contribution in [1.82, 2.24) is 9.13 Å². The van der Waals surface area contributed by atoms with Crippen LogP contribution in [0.2, 0.25) is 4.34 Å². The third-order valence-corrected chi connectivity index (χ3v) is 5.98. The van der Waals surface area contributed by atoms with E-state index in [0.29, 0.717) is 15.2 Å². The summed E-state index contributed by atoms with van der Waals surface area (Å²) in [6.07, 6.45) is 0. The van der Waals surface area contributed by atoms with Gasteiger partial charge in [0.25, 0.3) is 5.56 Å². The summed E-state index contributed by atoms with van der Waals surface area (Å²) in [5.74, 6) is 0.116. The Hall–Kier alpha value is -2.37. The maximum Gasteiger partial charge on any atom is 0.268 e. The van der Waals surface area contributed by atoms with Crippen molar-refractivity contribution in [2.75, 3.05) is 0 Å². The van der Waals surface area contributed by atoms with Crippen molar-refractivity contribution in [2.24, 2.45) is 7.05 Å². The molecule has 3 heterocycles. The van der Waals surface area contributed by atoms with Crippen molar-refractivity contribution in [3.63, 3.8) is 0 Å². The molecular weight excluding hydrogens is 368 g/mol. The minimum Gasteiger partial charge on any atom is -0.335 e. The number of para-hydroxylation sites is 1. The Balaban J connectivity index is 2.27. The molecule has 1 aromatic carbocycles. The number of benzene rings is 1. The van der Waals surface area contributed by atoms with E-state index in [1.165, 1.54) is 11.3 Å². The van der Waals surface area contributed by atoms with Gasteiger partial charge < -0.3 is 4.57 Å². The minimum absolute atomic E-state index is 0.116. The first-order valence-electron chi connectivity index (χ1n) is 8.33. The van der Waals surface area contributed by atoms with Crippen LogP contribution >= 0.6 is 22.9 Å². The Morgan fingerprint density at radius 2 is 1.77 bits per heavy atom. The van der Waals surface area contributed by atoms with Crippen molar-refractivity contribution < 1.29 is 0 Å². The summed E-state index contributed by atoms with van der Waals surface area (Å²) in [6.45, 7) is 4.08. The van der Waals surface area contributed by atoms with E-state index in [1.54, 1.807) is 10.6 Å². The van der Waals surface area contributed by atoms with Crippen molar-refractivity contribution in [2.45, 2.75) is 19.8 Å². The van der Waals surface area contributed by atoms with E-state index in [2.05, 4.69) is 0 Å². The molecule has 3 aromatic heterocycles. The lowest BCUT2D eigenvalue weighted by atomic mass is 10.1. The fourth-order valence-electron chi connectivity index (χ4n) is 3.37. The van der Waals surface area contributed by atoms with Crippen molar-refractivity contribution in [3.8, 4) is 5.69 Å². The molecule has 0 fully saturated rings. The van der Waals surface area contributed by atoms with Gasteiger partial charge in [0.05, 0.1) is 15.2 Å². The lowest BCUT2D eigenvalue weighted by Gasteiger charge is -2.18. The van der Waals surface area contributed by atoms with Crippen LogP contribution in [0.15, 0.2) is 52.1 Å². The van der Waals surface area contributed by atoms with Crippen LogP contribution in [0.5, 0.6) is 0 Å². The molecule has 0 amide bonds. The fraction of sp³-hybridized carbons (Fsp3) is 0.200. The number of rotatable bonds is 2. The Morgan fingerprint density at radius 1 is 1.08 bits per heavy atom. The molecule has 0 unspecified atom stereocenters. The van der Waals surface area contributed by atoms with Crippen LogP contribution in [-0.4, -0.2) is 9.13 Å². The van der Waals surface area contributed by atoms with Gasteiger partial charge in [0.2, 0.25) is 5.43 Å². The average molecular weight is 385 g/mol. The van der Waals surface area contributed by atoms with Crippen molar-refractivity contribution in [1.29, 1.82) is 0 Å². The molecule has 0 N–H and O–H groups in total. The molecular formula is C20H17ClN2O2S. The van der Waals surface area contributed by atoms with Gasteiger partial charge in [-0.05, 0) is 30.2 Å². The quantitative estimate of drug-likeness (QED) is 0.503. The molecule has 4 rings (SSSR count). The van der Waals surface area contributed by atoms with Gasteiger partial charge in [0.15, 0.2) is 0 Å². The Labute approximate surface area is 158 Å². The molecule has 26 heavy (non-hydrogen) atoms. The fourth-order valence-corrected chi connectivity index (χ4v) is 4.56. The Kier molecular flexibility index (Phi) is 4.01. The monoisotopic (exact) mass is 384 g/mol. The van der Waals surface area contributed by atoms with Gasteiger partial charge in [0, 0.05) is 18.4 Å². The molecule has 6 heteroatoms. The standard InChI is InChI=1S/C20H17ClN2O2S/c1-11(2)14-10-15-17(19(25)23(14)12-7-5-4-6-8-12)18(24)13-9-16(21)26-20(13)22(15)3/h4-11H,1-3H3. The Morgan fingerprint density at radius 3 is 2.42 bits per heavy atom. The number of nitrogens with zero attached hydrogens (tertiary/aromatic N) is 2. The van der Waals surface area contributed by atoms with Crippen LogP contribution in [0, 0.1) is 0 Å². The summed E-state index contributed by atoms with van der Waals surface area (Å²) >= 11 is 7.48. The van der Waals surface area contributed by atoms with Crippen molar-refractivity contribution in [3.05, 3.63) is 73.1 Å². The number of aryl methyl sites for hydroxylation is 1. The van der Waals surface area contributed by atoms with Gasteiger partial charge in [-0.3, -0.25) is 14.2 Å². The maximum atomic E-state index is 13.4. The van der Waals surface area contributed by atoms with Gasteiger partial charge >= 0.3 is 0 Å². The van der Waals surface area contributed by atoms with Crippen LogP contribution in [0.3, 0.4) is 0 Å². The highest BCUT2D eigenvalue weighted by molar-refractivity contribution is 7.22. The molecule has 4 nitrogen and oxygen atoms in total. The first-order chi connectivity index (χ1) is 12.4. The molecule has 4 aromatic rings. The highest BCUT2D eigenvalue weighted by Gasteiger charge is 2.20. The molecule has 0 aliphatic heterocycles. The zero-order valence-corrected chi connectivity index (χ0v) is 16.2. The SMILES string of the molecule is CC(C)c1cc2c(c(=O)c3cc(Cl)sc3n2C)c(=O)n1-c1ccccc1. The number of hydrogen-bond donors (Lipinski definition) is 0. The van der Waals surface area contributed by atoms with E-state index in [1.807, 2.05) is 61.9 Å². The second-order valence-electron chi connectivity index (χ2n) is 6.62. The van der Waals surface area contributed by atoms with Crippen LogP contribution in [0.4, 0.5) is 0 Å². The van der Waals surface area contributed by atoms with E-state index in [4.69, 9.17) is 11.6 Å². The van der Waals surface area contributed by atoms with E-state index < -0.39 is 0 Å². The number of aromatic nitrogens is 2. The number of fused-ring (bicyclic) bond motifs is 2. The van der Waals surface area contributed by atoms with Crippen LogP contribution < -0.4 is 11.0 Å². The first-order valence-corrected chi connectivity index (χ1v) is 9.52. The normalized spacial score (nSPS) is 11.7. The molecule has 0 spiro atoms. The first kappa shape index (κ1) is 17.1. The van der Waals surface area contributed by atoms with Crippen LogP contribution in [0.25, 0.3) is 26.8 Å². The van der Waals surface area contributed by atoms with E-state index in [0.717, 1.165) is 16.2 Å². The number of halogens is 1. The van der Waals surface area contributed by atoms with Gasteiger partial charge in [-0.15, -0.1) is 11.3 Å². The third kappa shape index (κ3) is 2.42. The molecule has 0 radical (unpaired) electrons. The highest BCUT2D eigenvalue weighted by atomic mass is 35.5. The van der Waals surface area contributed by atoms with E-state index in [9.17, 15) is 9.59 Å². The molecule has 0 aliphatic carbocycles. The summed E-state index contributed by atoms with van der Waals surface area (Å²) in [5.41, 5.74) is 1.71. The number of pyridine rings is 2. The summed E-state index contributed by atoms with van der Waals surface area (Å²) in [7, 11) is 1.87. The zero-order chi connectivity index (χ0) is 18.6. The highest BCUT2D eigenvalue weighted by Crippen LogP contribution is 2.30. The number of hydrogen-bond acceptors (Lipinski definition) is 3. The second kappa shape index (κ2) is 6.11. The molecule has 0 saturated carbocycles. The van der Waals surface area contributed by atoms with Crippen LogP contribution in [-0.2, 0) is 7.05 Å². The Bertz CT molecular complexity index is 1270.